The first-order valence-corrected chi connectivity index (χ1v) is 17.4. The van der Waals surface area contributed by atoms with E-state index in [4.69, 9.17) is 9.47 Å². The fourth-order valence-corrected chi connectivity index (χ4v) is 9.17. The Morgan fingerprint density at radius 2 is 1.22 bits per heavy atom. The van der Waals surface area contributed by atoms with Crippen LogP contribution in [-0.2, 0) is 0 Å². The summed E-state index contributed by atoms with van der Waals surface area (Å²) >= 11 is 1.85. The van der Waals surface area contributed by atoms with Crippen LogP contribution in [0.2, 0.25) is 0 Å². The molecule has 0 radical (unpaired) electrons. The summed E-state index contributed by atoms with van der Waals surface area (Å²) < 4.78 is 13.1. The molecule has 0 saturated carbocycles. The first kappa shape index (κ1) is 27.1. The summed E-state index contributed by atoms with van der Waals surface area (Å²) in [7, 11) is 0. The molecule has 0 N–H and O–H groups in total. The number of hydrogen-bond donors (Lipinski definition) is 0. The predicted molar refractivity (Wildman–Crippen MR) is 203 cm³/mol. The third kappa shape index (κ3) is 4.00. The van der Waals surface area contributed by atoms with Crippen LogP contribution < -0.4 is 30.8 Å². The Hall–Kier alpha value is -5.91. The Kier molecular flexibility index (Phi) is 5.69. The lowest BCUT2D eigenvalue weighted by Gasteiger charge is -2.34. The Morgan fingerprint density at radius 1 is 0.469 bits per heavy atom. The smallest absolute Gasteiger partial charge is 0.260 e. The molecule has 0 amide bonds. The highest BCUT2D eigenvalue weighted by Crippen LogP contribution is 2.52. The van der Waals surface area contributed by atoms with E-state index in [9.17, 15) is 0 Å². The average molecular weight is 644 g/mol. The molecule has 0 saturated heterocycles. The van der Waals surface area contributed by atoms with Crippen LogP contribution in [0.3, 0.4) is 0 Å². The van der Waals surface area contributed by atoms with Gasteiger partial charge in [-0.25, -0.2) is 0 Å². The summed E-state index contributed by atoms with van der Waals surface area (Å²) in [6.45, 7) is 0.0479. The quantitative estimate of drug-likeness (QED) is 0.179. The molecule has 0 bridgehead atoms. The molecule has 3 nitrogen and oxygen atoms in total. The van der Waals surface area contributed by atoms with E-state index in [0.29, 0.717) is 0 Å². The number of anilines is 3. The average Bonchev–Trinajstić information content (AvgIpc) is 3.15. The van der Waals surface area contributed by atoms with E-state index in [1.54, 1.807) is 0 Å². The number of benzene rings is 8. The van der Waals surface area contributed by atoms with Gasteiger partial charge >= 0.3 is 0 Å². The molecule has 0 unspecified atom stereocenters. The third-order valence-electron chi connectivity index (χ3n) is 10.1. The summed E-state index contributed by atoms with van der Waals surface area (Å²) in [5.74, 6) is 3.55. The van der Waals surface area contributed by atoms with Crippen LogP contribution in [0.15, 0.2) is 168 Å². The zero-order valence-corrected chi connectivity index (χ0v) is 27.1. The van der Waals surface area contributed by atoms with Crippen molar-refractivity contribution in [2.75, 3.05) is 4.90 Å². The zero-order chi connectivity index (χ0) is 32.1. The van der Waals surface area contributed by atoms with Crippen molar-refractivity contribution < 1.29 is 9.47 Å². The Labute approximate surface area is 288 Å². The molecule has 0 aromatic heterocycles. The largest absolute Gasteiger partial charge is 0.458 e. The SMILES string of the molecule is c1ccc(N(c2ccc3ccccc3c2)c2ccc3c4c(cccc24)Sc2cc4c(cc2-3)Oc2cccc3c2B4c2ccccc2O3)cc1. The minimum Gasteiger partial charge on any atom is -0.458 e. The summed E-state index contributed by atoms with van der Waals surface area (Å²) in [6.07, 6.45) is 0. The van der Waals surface area contributed by atoms with Gasteiger partial charge in [0.1, 0.15) is 23.0 Å². The predicted octanol–water partition coefficient (Wildman–Crippen LogP) is 10.3. The number of rotatable bonds is 3. The maximum absolute atomic E-state index is 6.70. The lowest BCUT2D eigenvalue weighted by atomic mass is 9.35. The molecule has 3 aliphatic rings. The molecule has 49 heavy (non-hydrogen) atoms. The molecule has 0 atom stereocenters. The number of para-hydroxylation sites is 2. The van der Waals surface area contributed by atoms with Gasteiger partial charge in [-0.15, -0.1) is 0 Å². The molecule has 5 heteroatoms. The van der Waals surface area contributed by atoms with Crippen LogP contribution in [0, 0.1) is 0 Å². The van der Waals surface area contributed by atoms with Crippen molar-refractivity contribution in [1.82, 2.24) is 0 Å². The molecule has 8 aromatic carbocycles. The minimum atomic E-state index is 0.0479. The van der Waals surface area contributed by atoms with Crippen LogP contribution in [0.25, 0.3) is 32.7 Å². The van der Waals surface area contributed by atoms with Gasteiger partial charge in [-0.3, -0.25) is 0 Å². The van der Waals surface area contributed by atoms with Crippen LogP contribution in [0.1, 0.15) is 0 Å². The number of fused-ring (bicyclic) bond motifs is 7. The summed E-state index contributed by atoms with van der Waals surface area (Å²) in [5, 5.41) is 4.95. The second-order valence-electron chi connectivity index (χ2n) is 12.8. The second kappa shape index (κ2) is 10.3. The van der Waals surface area contributed by atoms with Crippen molar-refractivity contribution in [3.63, 3.8) is 0 Å². The fourth-order valence-electron chi connectivity index (χ4n) is 8.00. The Morgan fingerprint density at radius 3 is 2.12 bits per heavy atom. The van der Waals surface area contributed by atoms with Gasteiger partial charge in [-0.1, -0.05) is 103 Å². The van der Waals surface area contributed by atoms with E-state index in [1.165, 1.54) is 53.4 Å². The van der Waals surface area contributed by atoms with Gasteiger partial charge in [-0.2, -0.15) is 0 Å². The second-order valence-corrected chi connectivity index (χ2v) is 13.9. The van der Waals surface area contributed by atoms with Gasteiger partial charge in [0.05, 0.1) is 5.69 Å². The first-order valence-electron chi connectivity index (χ1n) is 16.6. The van der Waals surface area contributed by atoms with E-state index in [0.717, 1.165) is 45.5 Å². The van der Waals surface area contributed by atoms with E-state index in [-0.39, 0.29) is 6.71 Å². The molecule has 3 aliphatic heterocycles. The van der Waals surface area contributed by atoms with Crippen LogP contribution >= 0.6 is 11.8 Å². The molecule has 0 spiro atoms. The minimum absolute atomic E-state index is 0.0479. The molecule has 8 aromatic rings. The summed E-state index contributed by atoms with van der Waals surface area (Å²) in [5.41, 5.74) is 9.31. The van der Waals surface area contributed by atoms with Gasteiger partial charge in [0.2, 0.25) is 0 Å². The highest BCUT2D eigenvalue weighted by atomic mass is 32.2. The normalized spacial score (nSPS) is 13.1. The molecule has 3 heterocycles. The van der Waals surface area contributed by atoms with Gasteiger partial charge in [0, 0.05) is 37.4 Å². The maximum Gasteiger partial charge on any atom is 0.260 e. The van der Waals surface area contributed by atoms with Crippen LogP contribution in [0.4, 0.5) is 17.1 Å². The topological polar surface area (TPSA) is 21.7 Å². The Balaban J connectivity index is 1.11. The van der Waals surface area contributed by atoms with Crippen molar-refractivity contribution in [3.05, 3.63) is 158 Å². The van der Waals surface area contributed by atoms with Crippen molar-refractivity contribution in [1.29, 1.82) is 0 Å². The molecular weight excluding hydrogens is 617 g/mol. The van der Waals surface area contributed by atoms with Crippen molar-refractivity contribution in [3.8, 4) is 34.1 Å². The van der Waals surface area contributed by atoms with Gasteiger partial charge < -0.3 is 14.4 Å². The molecular formula is C44H26BNO2S. The highest BCUT2D eigenvalue weighted by Gasteiger charge is 2.41. The maximum atomic E-state index is 6.70. The Bertz CT molecular complexity index is 2670. The monoisotopic (exact) mass is 643 g/mol. The molecule has 0 aliphatic carbocycles. The van der Waals surface area contributed by atoms with Crippen LogP contribution in [0.5, 0.6) is 23.0 Å². The van der Waals surface area contributed by atoms with Gasteiger partial charge in [0.25, 0.3) is 6.71 Å². The van der Waals surface area contributed by atoms with Crippen molar-refractivity contribution in [2.24, 2.45) is 0 Å². The number of hydrogen-bond acceptors (Lipinski definition) is 4. The first-order chi connectivity index (χ1) is 24.3. The number of nitrogens with zero attached hydrogens (tertiary/aromatic N) is 1. The third-order valence-corrected chi connectivity index (χ3v) is 11.3. The lowest BCUT2D eigenvalue weighted by molar-refractivity contribution is 0.464. The van der Waals surface area contributed by atoms with E-state index < -0.39 is 0 Å². The molecule has 0 fully saturated rings. The highest BCUT2D eigenvalue weighted by molar-refractivity contribution is 7.99. The van der Waals surface area contributed by atoms with Crippen molar-refractivity contribution in [2.45, 2.75) is 9.79 Å². The van der Waals surface area contributed by atoms with E-state index >= 15 is 0 Å². The van der Waals surface area contributed by atoms with Gasteiger partial charge in [-0.05, 0) is 99.6 Å². The zero-order valence-electron chi connectivity index (χ0n) is 26.3. The lowest BCUT2D eigenvalue weighted by Crippen LogP contribution is -2.57. The number of ether oxygens (including phenoxy) is 2. The standard InChI is InChI=1S/C44H26BNO2S/c1-2-12-29(13-3-1)46(30-21-20-27-10-4-5-11-28(27)24-30)36-23-22-31-33-25-40-35(26-42(33)49-41-19-8-14-32(36)43(31)41)45-34-15-6-7-16-37(34)47-38-17-9-18-39(48-40)44(38)45/h1-26H. The molecule has 228 valence electrons. The van der Waals surface area contributed by atoms with Crippen LogP contribution in [-0.4, -0.2) is 6.71 Å². The molecule has 11 rings (SSSR count). The van der Waals surface area contributed by atoms with Gasteiger partial charge in [0.15, 0.2) is 0 Å². The van der Waals surface area contributed by atoms with Crippen molar-refractivity contribution >= 4 is 73.5 Å². The summed E-state index contributed by atoms with van der Waals surface area (Å²) in [4.78, 5) is 4.90. The van der Waals surface area contributed by atoms with E-state index in [1.807, 2.05) is 23.9 Å². The fraction of sp³-hybridized carbons (Fsp3) is 0. The van der Waals surface area contributed by atoms with E-state index in [2.05, 4.69) is 150 Å². The summed E-state index contributed by atoms with van der Waals surface area (Å²) in [6, 6.07) is 56.5.